The lowest BCUT2D eigenvalue weighted by molar-refractivity contribution is -0.221. The van der Waals surface area contributed by atoms with Gasteiger partial charge in [0.15, 0.2) is 17.6 Å². The average Bonchev–Trinajstić information content (AvgIpc) is 3.13. The number of aliphatic imine (C=N–C) groups is 2. The molecule has 0 saturated carbocycles. The average molecular weight is 397 g/mol. The number of carbonyl (C=O) groups excluding carboxylic acids is 1. The minimum atomic E-state index is -2.11. The highest BCUT2D eigenvalue weighted by atomic mass is 16.5. The minimum Gasteiger partial charge on any atom is -0.447 e. The highest BCUT2D eigenvalue weighted by Crippen LogP contribution is 2.44. The van der Waals surface area contributed by atoms with Gasteiger partial charge in [-0.15, -0.1) is 0 Å². The Labute approximate surface area is 164 Å². The van der Waals surface area contributed by atoms with Gasteiger partial charge < -0.3 is 42.0 Å². The second kappa shape index (κ2) is 8.00. The van der Waals surface area contributed by atoms with Crippen molar-refractivity contribution in [2.45, 2.75) is 69.0 Å². The van der Waals surface area contributed by atoms with Crippen molar-refractivity contribution in [1.29, 1.82) is 0 Å². The zero-order valence-electron chi connectivity index (χ0n) is 16.2. The maximum Gasteiger partial charge on any atom is 0.407 e. The summed E-state index contributed by atoms with van der Waals surface area (Å²) in [5.74, 6) is -1.92. The van der Waals surface area contributed by atoms with E-state index < -0.39 is 29.6 Å². The first-order valence-corrected chi connectivity index (χ1v) is 9.89. The number of hydrogen-bond acceptors (Lipinski definition) is 10. The Bertz CT molecular complexity index is 653. The summed E-state index contributed by atoms with van der Waals surface area (Å²) in [6.07, 6.45) is 4.99. The van der Waals surface area contributed by atoms with Crippen molar-refractivity contribution >= 4 is 18.0 Å². The van der Waals surface area contributed by atoms with Crippen molar-refractivity contribution in [3.63, 3.8) is 0 Å². The molecule has 0 bridgehead atoms. The van der Waals surface area contributed by atoms with Crippen molar-refractivity contribution in [1.82, 2.24) is 15.5 Å². The van der Waals surface area contributed by atoms with Gasteiger partial charge in [0.25, 0.3) is 0 Å². The predicted octanol–water partition coefficient (Wildman–Crippen LogP) is -1.25. The fourth-order valence-corrected chi connectivity index (χ4v) is 4.19. The highest BCUT2D eigenvalue weighted by Gasteiger charge is 2.69. The van der Waals surface area contributed by atoms with Crippen LogP contribution in [-0.4, -0.2) is 76.4 Å². The van der Waals surface area contributed by atoms with Crippen LogP contribution in [0.4, 0.5) is 4.79 Å². The van der Waals surface area contributed by atoms with E-state index >= 15 is 0 Å². The molecule has 8 N–H and O–H groups in total. The zero-order valence-corrected chi connectivity index (χ0v) is 16.2. The van der Waals surface area contributed by atoms with Crippen LogP contribution >= 0.6 is 0 Å². The number of carbonyl (C=O) groups is 1. The van der Waals surface area contributed by atoms with Crippen LogP contribution in [0.1, 0.15) is 45.4 Å². The smallest absolute Gasteiger partial charge is 0.407 e. The largest absolute Gasteiger partial charge is 0.447 e. The summed E-state index contributed by atoms with van der Waals surface area (Å²) in [5, 5.41) is 26.7. The van der Waals surface area contributed by atoms with E-state index in [9.17, 15) is 15.0 Å². The van der Waals surface area contributed by atoms with E-state index in [0.717, 1.165) is 19.3 Å². The number of unbranched alkanes of at least 4 members (excludes halogenated alkanes) is 4. The van der Waals surface area contributed by atoms with Crippen LogP contribution in [-0.2, 0) is 4.74 Å². The molecule has 3 rings (SSSR count). The first-order valence-electron chi connectivity index (χ1n) is 9.89. The van der Waals surface area contributed by atoms with E-state index in [4.69, 9.17) is 16.2 Å². The third kappa shape index (κ3) is 3.55. The van der Waals surface area contributed by atoms with Crippen LogP contribution in [0.5, 0.6) is 0 Å². The minimum absolute atomic E-state index is 0.0572. The summed E-state index contributed by atoms with van der Waals surface area (Å²) >= 11 is 0. The summed E-state index contributed by atoms with van der Waals surface area (Å²) in [7, 11) is 0. The van der Waals surface area contributed by atoms with E-state index in [1.807, 2.05) is 0 Å². The molecule has 3 atom stereocenters. The lowest BCUT2D eigenvalue weighted by Crippen LogP contribution is -2.76. The van der Waals surface area contributed by atoms with Gasteiger partial charge in [-0.25, -0.2) is 14.8 Å². The number of alkyl carbamates (subject to hydrolysis) is 1. The van der Waals surface area contributed by atoms with Crippen LogP contribution in [0.3, 0.4) is 0 Å². The quantitative estimate of drug-likeness (QED) is 0.218. The van der Waals surface area contributed by atoms with Gasteiger partial charge >= 0.3 is 6.09 Å². The number of guanidine groups is 2. The molecular formula is C17H31N7O4. The number of rotatable bonds is 8. The third-order valence-electron chi connectivity index (χ3n) is 5.62. The van der Waals surface area contributed by atoms with Crippen LogP contribution in [0, 0.1) is 0 Å². The molecule has 11 heteroatoms. The lowest BCUT2D eigenvalue weighted by atomic mass is 9.87. The molecule has 0 aromatic rings. The molecule has 3 heterocycles. The number of hydrogen-bond donors (Lipinski definition) is 6. The number of ether oxygens (including phenoxy) is 1. The van der Waals surface area contributed by atoms with Gasteiger partial charge in [0.2, 0.25) is 5.79 Å². The van der Waals surface area contributed by atoms with Gasteiger partial charge in [-0.1, -0.05) is 32.6 Å². The second-order valence-corrected chi connectivity index (χ2v) is 7.56. The normalized spacial score (nSPS) is 30.0. The topological polar surface area (TPSA) is 171 Å². The van der Waals surface area contributed by atoms with Gasteiger partial charge in [0.1, 0.15) is 18.7 Å². The van der Waals surface area contributed by atoms with Crippen LogP contribution < -0.4 is 22.1 Å². The van der Waals surface area contributed by atoms with E-state index in [1.54, 1.807) is 4.90 Å². The number of amides is 1. The van der Waals surface area contributed by atoms with Crippen LogP contribution in [0.2, 0.25) is 0 Å². The Hall–Kier alpha value is -2.27. The Balaban J connectivity index is 1.58. The molecule has 0 aliphatic carbocycles. The summed E-state index contributed by atoms with van der Waals surface area (Å²) in [6, 6.07) is -1.43. The standard InChI is InChI=1S/C17H31N7O4/c1-2-3-4-5-6-8-20-15(25)28-10-11-12-17(23-13(18)22-12)16(26,27)7-9-24(17)14(19)21-11/h11-12,26-27H,2-10H2,1H3,(H2,19,21)(H,20,25)(H3,18,22,23). The SMILES string of the molecule is CCCCCCCNC(=O)OCC1N=C(N)N2CCC(O)(O)C23NC(N)=NC13. The van der Waals surface area contributed by atoms with Gasteiger partial charge in [0.05, 0.1) is 0 Å². The molecule has 1 saturated heterocycles. The first kappa shape index (κ1) is 20.5. The number of nitrogens with two attached hydrogens (primary N) is 2. The third-order valence-corrected chi connectivity index (χ3v) is 5.62. The molecule has 11 nitrogen and oxygen atoms in total. The summed E-state index contributed by atoms with van der Waals surface area (Å²) in [6.45, 7) is 2.89. The molecule has 0 radical (unpaired) electrons. The van der Waals surface area contributed by atoms with E-state index in [0.29, 0.717) is 13.1 Å². The molecule has 158 valence electrons. The van der Waals surface area contributed by atoms with Crippen LogP contribution in [0.15, 0.2) is 9.98 Å². The van der Waals surface area contributed by atoms with Crippen molar-refractivity contribution in [3.05, 3.63) is 0 Å². The van der Waals surface area contributed by atoms with E-state index in [2.05, 4.69) is 27.5 Å². The van der Waals surface area contributed by atoms with Gasteiger partial charge in [0, 0.05) is 19.5 Å². The monoisotopic (exact) mass is 397 g/mol. The number of nitrogens with zero attached hydrogens (tertiary/aromatic N) is 3. The fourth-order valence-electron chi connectivity index (χ4n) is 4.19. The Morgan fingerprint density at radius 1 is 1.32 bits per heavy atom. The molecule has 0 aromatic carbocycles. The Kier molecular flexibility index (Phi) is 5.84. The van der Waals surface area contributed by atoms with Crippen molar-refractivity contribution in [2.24, 2.45) is 21.5 Å². The summed E-state index contributed by atoms with van der Waals surface area (Å²) < 4.78 is 5.28. The lowest BCUT2D eigenvalue weighted by Gasteiger charge is -2.48. The Morgan fingerprint density at radius 3 is 2.82 bits per heavy atom. The maximum atomic E-state index is 12.0. The molecular weight excluding hydrogens is 366 g/mol. The van der Waals surface area contributed by atoms with Crippen molar-refractivity contribution in [3.8, 4) is 0 Å². The van der Waals surface area contributed by atoms with E-state index in [1.165, 1.54) is 12.8 Å². The zero-order chi connectivity index (χ0) is 20.4. The summed E-state index contributed by atoms with van der Waals surface area (Å²) in [5.41, 5.74) is 10.5. The molecule has 0 aromatic heterocycles. The molecule has 1 spiro atoms. The molecule has 1 fully saturated rings. The second-order valence-electron chi connectivity index (χ2n) is 7.56. The van der Waals surface area contributed by atoms with Gasteiger partial charge in [-0.2, -0.15) is 0 Å². The molecule has 1 amide bonds. The molecule has 3 aliphatic rings. The molecule has 3 unspecified atom stereocenters. The fraction of sp³-hybridized carbons (Fsp3) is 0.824. The maximum absolute atomic E-state index is 12.0. The molecule has 3 aliphatic heterocycles. The first-order chi connectivity index (χ1) is 13.3. The van der Waals surface area contributed by atoms with Crippen molar-refractivity contribution < 1.29 is 19.7 Å². The van der Waals surface area contributed by atoms with E-state index in [-0.39, 0.29) is 24.9 Å². The van der Waals surface area contributed by atoms with Crippen molar-refractivity contribution in [2.75, 3.05) is 19.7 Å². The molecule has 28 heavy (non-hydrogen) atoms. The van der Waals surface area contributed by atoms with Gasteiger partial charge in [-0.05, 0) is 6.42 Å². The number of aliphatic hydroxyl groups is 2. The predicted molar refractivity (Wildman–Crippen MR) is 103 cm³/mol. The highest BCUT2D eigenvalue weighted by molar-refractivity contribution is 5.87. The van der Waals surface area contributed by atoms with Gasteiger partial charge in [-0.3, -0.25) is 0 Å². The van der Waals surface area contributed by atoms with Crippen LogP contribution in [0.25, 0.3) is 0 Å². The Morgan fingerprint density at radius 2 is 2.07 bits per heavy atom. The number of nitrogens with one attached hydrogen (secondary N) is 2. The summed E-state index contributed by atoms with van der Waals surface area (Å²) in [4.78, 5) is 22.2.